The van der Waals surface area contributed by atoms with Crippen LogP contribution in [-0.2, 0) is 0 Å². The minimum Gasteiger partial charge on any atom is -0.458 e. The lowest BCUT2D eigenvalue weighted by molar-refractivity contribution is 0.487. The van der Waals surface area contributed by atoms with Crippen LogP contribution < -0.4 is 21.1 Å². The molecule has 0 atom stereocenters. The molecule has 0 N–H and O–H groups in total. The van der Waals surface area contributed by atoms with Crippen LogP contribution in [0, 0.1) is 41.5 Å². The lowest BCUT2D eigenvalue weighted by Crippen LogP contribution is -2.58. The number of hydrogen-bond donors (Lipinski definition) is 0. The maximum Gasteiger partial charge on any atom is 0.256 e. The van der Waals surface area contributed by atoms with Crippen LogP contribution in [0.15, 0.2) is 121 Å². The van der Waals surface area contributed by atoms with E-state index in [1.807, 2.05) is 0 Å². The molecule has 0 aliphatic carbocycles. The Morgan fingerprint density at radius 3 is 1.80 bits per heavy atom. The molecular formula is C48H38BNO. The first kappa shape index (κ1) is 30.1. The number of fused-ring (bicyclic) bond motifs is 7. The molecule has 0 spiro atoms. The third kappa shape index (κ3) is 4.37. The van der Waals surface area contributed by atoms with Gasteiger partial charge in [0.2, 0.25) is 0 Å². The summed E-state index contributed by atoms with van der Waals surface area (Å²) >= 11 is 0. The van der Waals surface area contributed by atoms with Crippen molar-refractivity contribution in [1.82, 2.24) is 4.57 Å². The summed E-state index contributed by atoms with van der Waals surface area (Å²) in [7, 11) is 0. The predicted octanol–water partition coefficient (Wildman–Crippen LogP) is 10.6. The topological polar surface area (TPSA) is 14.2 Å². The lowest BCUT2D eigenvalue weighted by atomic mass is 9.34. The van der Waals surface area contributed by atoms with E-state index in [0.717, 1.165) is 11.5 Å². The first-order valence-corrected chi connectivity index (χ1v) is 18.0. The molecule has 51 heavy (non-hydrogen) atoms. The van der Waals surface area contributed by atoms with Crippen LogP contribution in [0.2, 0.25) is 0 Å². The SMILES string of the molecule is Cc1cc(C)c(-c2ccc3c(c2)c2cc(-c4c(C)cc(C)cc4C)cc4c2n3-c2cccc3c2B4c2cc(-c4ccccc4)ccc2O3)c(C)c1. The average molecular weight is 656 g/mol. The van der Waals surface area contributed by atoms with E-state index in [2.05, 4.69) is 167 Å². The van der Waals surface area contributed by atoms with Crippen LogP contribution in [0.4, 0.5) is 0 Å². The molecule has 1 aromatic heterocycles. The Morgan fingerprint density at radius 1 is 0.471 bits per heavy atom. The van der Waals surface area contributed by atoms with E-state index in [4.69, 9.17) is 4.74 Å². The first-order valence-electron chi connectivity index (χ1n) is 18.0. The highest BCUT2D eigenvalue weighted by Gasteiger charge is 2.41. The van der Waals surface area contributed by atoms with Crippen molar-refractivity contribution in [3.05, 3.63) is 155 Å². The van der Waals surface area contributed by atoms with Gasteiger partial charge < -0.3 is 9.30 Å². The molecule has 8 aromatic rings. The van der Waals surface area contributed by atoms with Crippen molar-refractivity contribution >= 4 is 44.9 Å². The Morgan fingerprint density at radius 2 is 1.10 bits per heavy atom. The van der Waals surface area contributed by atoms with Crippen LogP contribution in [0.5, 0.6) is 11.5 Å². The van der Waals surface area contributed by atoms with Gasteiger partial charge in [0.1, 0.15) is 11.5 Å². The van der Waals surface area contributed by atoms with Gasteiger partial charge in [-0.05, 0) is 150 Å². The zero-order valence-corrected chi connectivity index (χ0v) is 30.0. The van der Waals surface area contributed by atoms with E-state index in [1.54, 1.807) is 0 Å². The molecule has 3 heterocycles. The molecule has 3 heteroatoms. The zero-order valence-electron chi connectivity index (χ0n) is 30.0. The van der Waals surface area contributed by atoms with Gasteiger partial charge in [0.25, 0.3) is 6.71 Å². The maximum absolute atomic E-state index is 6.78. The summed E-state index contributed by atoms with van der Waals surface area (Å²) in [5.41, 5.74) is 23.0. The Kier molecular flexibility index (Phi) is 6.40. The van der Waals surface area contributed by atoms with Gasteiger partial charge in [0.05, 0.1) is 5.52 Å². The summed E-state index contributed by atoms with van der Waals surface area (Å²) < 4.78 is 9.30. The van der Waals surface area contributed by atoms with E-state index in [9.17, 15) is 0 Å². The second-order valence-corrected chi connectivity index (χ2v) is 14.9. The van der Waals surface area contributed by atoms with Crippen LogP contribution in [0.3, 0.4) is 0 Å². The number of benzene rings is 7. The third-order valence-electron chi connectivity index (χ3n) is 11.4. The molecule has 7 aromatic carbocycles. The third-order valence-corrected chi connectivity index (χ3v) is 11.4. The average Bonchev–Trinajstić information content (AvgIpc) is 3.43. The van der Waals surface area contributed by atoms with E-state index in [0.29, 0.717) is 0 Å². The number of hydrogen-bond acceptors (Lipinski definition) is 1. The molecule has 244 valence electrons. The molecular weight excluding hydrogens is 617 g/mol. The summed E-state index contributed by atoms with van der Waals surface area (Å²) in [6.45, 7) is 13.4. The molecule has 0 saturated heterocycles. The van der Waals surface area contributed by atoms with Crippen LogP contribution in [0.25, 0.3) is 60.9 Å². The van der Waals surface area contributed by atoms with E-state index in [1.165, 1.54) is 111 Å². The maximum atomic E-state index is 6.78. The lowest BCUT2D eigenvalue weighted by Gasteiger charge is -2.33. The first-order chi connectivity index (χ1) is 24.7. The summed E-state index contributed by atoms with van der Waals surface area (Å²) in [5, 5.41) is 2.58. The molecule has 0 amide bonds. The highest BCUT2D eigenvalue weighted by molar-refractivity contribution is 6.99. The molecule has 2 aliphatic heterocycles. The second-order valence-electron chi connectivity index (χ2n) is 14.9. The van der Waals surface area contributed by atoms with Crippen LogP contribution in [-0.4, -0.2) is 11.3 Å². The number of rotatable bonds is 3. The fraction of sp³-hybridized carbons (Fsp3) is 0.125. The number of aryl methyl sites for hydroxylation is 6. The van der Waals surface area contributed by atoms with Crippen molar-refractivity contribution in [1.29, 1.82) is 0 Å². The largest absolute Gasteiger partial charge is 0.458 e. The monoisotopic (exact) mass is 655 g/mol. The van der Waals surface area contributed by atoms with E-state index >= 15 is 0 Å². The number of aromatic nitrogens is 1. The van der Waals surface area contributed by atoms with E-state index in [-0.39, 0.29) is 6.71 Å². The van der Waals surface area contributed by atoms with Crippen LogP contribution in [0.1, 0.15) is 33.4 Å². The second kappa shape index (κ2) is 10.9. The molecule has 0 fully saturated rings. The zero-order chi connectivity index (χ0) is 34.7. The molecule has 10 rings (SSSR count). The summed E-state index contributed by atoms with van der Waals surface area (Å²) in [6.07, 6.45) is 0. The summed E-state index contributed by atoms with van der Waals surface area (Å²) in [4.78, 5) is 0. The van der Waals surface area contributed by atoms with Crippen molar-refractivity contribution in [2.45, 2.75) is 41.5 Å². The standard InChI is InChI=1S/C48H38BNO/c1-27-19-29(3)45(30(4)20-27)35-15-17-41-37(23-35)38-24-36(46-31(5)21-28(2)22-32(46)6)26-40-48(38)50(41)42-13-10-14-44-47(42)49(40)39-25-34(16-18-43(39)51-44)33-11-8-7-9-12-33/h7-26H,1-6H3. The van der Waals surface area contributed by atoms with Gasteiger partial charge in [-0.3, -0.25) is 0 Å². The van der Waals surface area contributed by atoms with Gasteiger partial charge in [-0.25, -0.2) is 0 Å². The van der Waals surface area contributed by atoms with Crippen molar-refractivity contribution in [2.24, 2.45) is 0 Å². The number of ether oxygens (including phenoxy) is 1. The molecule has 0 saturated carbocycles. The highest BCUT2D eigenvalue weighted by Crippen LogP contribution is 2.42. The minimum atomic E-state index is 0.0231. The Hall–Kier alpha value is -5.80. The van der Waals surface area contributed by atoms with Gasteiger partial charge >= 0.3 is 0 Å². The quantitative estimate of drug-likeness (QED) is 0.173. The Balaban J connectivity index is 1.33. The van der Waals surface area contributed by atoms with Crippen molar-refractivity contribution in [3.63, 3.8) is 0 Å². The normalized spacial score (nSPS) is 12.6. The molecule has 0 unspecified atom stereocenters. The minimum absolute atomic E-state index is 0.0231. The van der Waals surface area contributed by atoms with Crippen molar-refractivity contribution in [3.8, 4) is 50.6 Å². The Labute approximate surface area is 300 Å². The van der Waals surface area contributed by atoms with Gasteiger partial charge in [0, 0.05) is 22.0 Å². The highest BCUT2D eigenvalue weighted by atomic mass is 16.5. The van der Waals surface area contributed by atoms with Gasteiger partial charge in [-0.2, -0.15) is 0 Å². The predicted molar refractivity (Wildman–Crippen MR) is 217 cm³/mol. The number of nitrogens with zero attached hydrogens (tertiary/aromatic N) is 1. The van der Waals surface area contributed by atoms with Gasteiger partial charge in [0.15, 0.2) is 0 Å². The van der Waals surface area contributed by atoms with E-state index < -0.39 is 0 Å². The summed E-state index contributed by atoms with van der Waals surface area (Å²) in [5.74, 6) is 1.87. The molecule has 0 radical (unpaired) electrons. The fourth-order valence-corrected chi connectivity index (χ4v) is 9.60. The molecule has 2 aliphatic rings. The smallest absolute Gasteiger partial charge is 0.256 e. The molecule has 2 nitrogen and oxygen atoms in total. The van der Waals surface area contributed by atoms with Crippen molar-refractivity contribution < 1.29 is 4.74 Å². The van der Waals surface area contributed by atoms with Crippen molar-refractivity contribution in [2.75, 3.05) is 0 Å². The molecule has 0 bridgehead atoms. The van der Waals surface area contributed by atoms with Crippen LogP contribution >= 0.6 is 0 Å². The van der Waals surface area contributed by atoms with Gasteiger partial charge in [-0.1, -0.05) is 96.1 Å². The summed E-state index contributed by atoms with van der Waals surface area (Å²) in [6, 6.07) is 45.4. The Bertz CT molecular complexity index is 2740. The fourth-order valence-electron chi connectivity index (χ4n) is 9.60. The van der Waals surface area contributed by atoms with Gasteiger partial charge in [-0.15, -0.1) is 0 Å².